The number of benzene rings is 1. The molecule has 2 unspecified atom stereocenters. The molecule has 2 aliphatic rings. The van der Waals surface area contributed by atoms with Gasteiger partial charge < -0.3 is 9.64 Å². The molecule has 0 N–H and O–H groups in total. The van der Waals surface area contributed by atoms with Crippen molar-refractivity contribution in [1.29, 1.82) is 0 Å². The first-order chi connectivity index (χ1) is 12.1. The normalized spacial score (nSPS) is 28.4. The summed E-state index contributed by atoms with van der Waals surface area (Å²) in [6.07, 6.45) is 5.02. The molecule has 3 nitrogen and oxygen atoms in total. The molecule has 2 bridgehead atoms. The van der Waals surface area contributed by atoms with E-state index in [1.807, 2.05) is 26.8 Å². The summed E-state index contributed by atoms with van der Waals surface area (Å²) in [5.74, 6) is 2.05. The van der Waals surface area contributed by atoms with Crippen molar-refractivity contribution in [3.8, 4) is 5.75 Å². The zero-order valence-electron chi connectivity index (χ0n) is 16.7. The molecule has 2 saturated carbocycles. The molecule has 2 aliphatic carbocycles. The third kappa shape index (κ3) is 4.28. The molecule has 2 fully saturated rings. The maximum absolute atomic E-state index is 14.3. The highest BCUT2D eigenvalue weighted by Gasteiger charge is 2.42. The average Bonchev–Trinajstić information content (AvgIpc) is 2.91. The van der Waals surface area contributed by atoms with Crippen molar-refractivity contribution in [1.82, 2.24) is 4.90 Å². The summed E-state index contributed by atoms with van der Waals surface area (Å²) >= 11 is 0. The van der Waals surface area contributed by atoms with E-state index in [4.69, 9.17) is 4.74 Å². The predicted molar refractivity (Wildman–Crippen MR) is 102 cm³/mol. The van der Waals surface area contributed by atoms with Gasteiger partial charge in [0.05, 0.1) is 5.41 Å². The Morgan fingerprint density at radius 1 is 1.19 bits per heavy atom. The van der Waals surface area contributed by atoms with Gasteiger partial charge in [-0.15, -0.1) is 0 Å². The van der Waals surface area contributed by atoms with Gasteiger partial charge in [-0.1, -0.05) is 6.42 Å². The molecule has 26 heavy (non-hydrogen) atoms. The molecule has 0 aliphatic heterocycles. The van der Waals surface area contributed by atoms with E-state index in [1.165, 1.54) is 25.3 Å². The van der Waals surface area contributed by atoms with Crippen LogP contribution in [-0.2, 0) is 4.79 Å². The summed E-state index contributed by atoms with van der Waals surface area (Å²) in [7, 11) is 4.22. The minimum absolute atomic E-state index is 0.319. The second-order valence-corrected chi connectivity index (χ2v) is 9.57. The monoisotopic (exact) mass is 361 g/mol. The fraction of sp³-hybridized carbons (Fsp3) is 0.682. The van der Waals surface area contributed by atoms with Gasteiger partial charge in [0.15, 0.2) is 0 Å². The molecule has 0 saturated heterocycles. The third-order valence-corrected chi connectivity index (χ3v) is 6.01. The smallest absolute Gasteiger partial charge is 0.316 e. The van der Waals surface area contributed by atoms with Crippen LogP contribution >= 0.6 is 0 Å². The molecule has 0 radical (unpaired) electrons. The van der Waals surface area contributed by atoms with E-state index in [0.717, 1.165) is 30.4 Å². The van der Waals surface area contributed by atoms with Gasteiger partial charge in [-0.3, -0.25) is 4.79 Å². The van der Waals surface area contributed by atoms with Gasteiger partial charge in [-0.25, -0.2) is 4.39 Å². The van der Waals surface area contributed by atoms with Crippen LogP contribution in [0.3, 0.4) is 0 Å². The second-order valence-electron chi connectivity index (χ2n) is 9.57. The van der Waals surface area contributed by atoms with Crippen LogP contribution in [0.4, 0.5) is 4.39 Å². The molecule has 0 aromatic heterocycles. The van der Waals surface area contributed by atoms with Crippen LogP contribution in [0.5, 0.6) is 5.75 Å². The number of hydrogen-bond donors (Lipinski definition) is 0. The fourth-order valence-corrected chi connectivity index (χ4v) is 4.78. The lowest BCUT2D eigenvalue weighted by molar-refractivity contribution is -0.143. The highest BCUT2D eigenvalue weighted by atomic mass is 19.1. The maximum Gasteiger partial charge on any atom is 0.316 e. The van der Waals surface area contributed by atoms with Gasteiger partial charge >= 0.3 is 5.97 Å². The fourth-order valence-electron chi connectivity index (χ4n) is 4.78. The van der Waals surface area contributed by atoms with E-state index in [0.29, 0.717) is 17.6 Å². The van der Waals surface area contributed by atoms with E-state index in [1.54, 1.807) is 6.07 Å². The molecule has 1 aromatic rings. The van der Waals surface area contributed by atoms with Crippen molar-refractivity contribution in [2.75, 3.05) is 20.6 Å². The van der Waals surface area contributed by atoms with Crippen molar-refractivity contribution in [3.05, 3.63) is 29.6 Å². The van der Waals surface area contributed by atoms with E-state index >= 15 is 0 Å². The first-order valence-electron chi connectivity index (χ1n) is 9.81. The number of fused-ring (bicyclic) bond motifs is 2. The van der Waals surface area contributed by atoms with Gasteiger partial charge in [0, 0.05) is 12.6 Å². The number of ether oxygens (including phenoxy) is 1. The van der Waals surface area contributed by atoms with Crippen LogP contribution in [0, 0.1) is 29.0 Å². The largest absolute Gasteiger partial charge is 0.426 e. The average molecular weight is 362 g/mol. The summed E-state index contributed by atoms with van der Waals surface area (Å²) in [4.78, 5) is 14.5. The molecule has 0 amide bonds. The van der Waals surface area contributed by atoms with E-state index in [2.05, 4.69) is 19.0 Å². The van der Waals surface area contributed by atoms with Crippen molar-refractivity contribution in [2.24, 2.45) is 23.2 Å². The SMILES string of the molecule is CN(C)CC1C(c2cc(F)cc(OC(=O)C(C)(C)C)c2)C[C@@H]2CC[C@H]1C2. The Morgan fingerprint density at radius 2 is 1.92 bits per heavy atom. The summed E-state index contributed by atoms with van der Waals surface area (Å²) in [5.41, 5.74) is 0.384. The standard InChI is InChI=1S/C22H32FNO2/c1-22(2,3)21(25)26-18-11-16(10-17(23)12-18)19-9-14-6-7-15(8-14)20(19)13-24(4)5/h10-12,14-15,19-20H,6-9,13H2,1-5H3/t14-,15+,19?,20?/m1/s1. The Hall–Kier alpha value is -1.42. The van der Waals surface area contributed by atoms with Crippen molar-refractivity contribution in [2.45, 2.75) is 52.4 Å². The molecule has 0 spiro atoms. The molecular weight excluding hydrogens is 329 g/mol. The Balaban J connectivity index is 1.88. The summed E-state index contributed by atoms with van der Waals surface area (Å²) in [6, 6.07) is 4.86. The lowest BCUT2D eigenvalue weighted by Crippen LogP contribution is -2.34. The number of carbonyl (C=O) groups is 1. The van der Waals surface area contributed by atoms with Gasteiger partial charge in [0.25, 0.3) is 0 Å². The Morgan fingerprint density at radius 3 is 2.58 bits per heavy atom. The van der Waals surface area contributed by atoms with E-state index in [9.17, 15) is 9.18 Å². The van der Waals surface area contributed by atoms with Crippen LogP contribution in [0.1, 0.15) is 57.9 Å². The quantitative estimate of drug-likeness (QED) is 0.567. The van der Waals surface area contributed by atoms with E-state index < -0.39 is 5.41 Å². The summed E-state index contributed by atoms with van der Waals surface area (Å²) in [6.45, 7) is 6.44. The molecule has 0 heterocycles. The molecular formula is C22H32FNO2. The highest BCUT2D eigenvalue weighted by Crippen LogP contribution is 2.52. The lowest BCUT2D eigenvalue weighted by atomic mass is 9.69. The third-order valence-electron chi connectivity index (χ3n) is 6.01. The Kier molecular flexibility index (Phi) is 5.43. The van der Waals surface area contributed by atoms with Crippen LogP contribution < -0.4 is 4.74 Å². The minimum Gasteiger partial charge on any atom is -0.426 e. The number of hydrogen-bond acceptors (Lipinski definition) is 3. The topological polar surface area (TPSA) is 29.5 Å². The molecule has 4 heteroatoms. The highest BCUT2D eigenvalue weighted by molar-refractivity contribution is 5.77. The van der Waals surface area contributed by atoms with Crippen LogP contribution in [0.2, 0.25) is 0 Å². The Labute approximate surface area is 156 Å². The molecule has 3 rings (SSSR count). The van der Waals surface area contributed by atoms with Crippen molar-refractivity contribution >= 4 is 5.97 Å². The lowest BCUT2D eigenvalue weighted by Gasteiger charge is -2.38. The number of carbonyl (C=O) groups excluding carboxylic acids is 1. The maximum atomic E-state index is 14.3. The number of halogens is 1. The molecule has 1 aromatic carbocycles. The first kappa shape index (κ1) is 19.3. The van der Waals surface area contributed by atoms with Crippen LogP contribution in [-0.4, -0.2) is 31.5 Å². The van der Waals surface area contributed by atoms with Crippen molar-refractivity contribution in [3.63, 3.8) is 0 Å². The van der Waals surface area contributed by atoms with Crippen LogP contribution in [0.15, 0.2) is 18.2 Å². The first-order valence-corrected chi connectivity index (χ1v) is 9.81. The zero-order chi connectivity index (χ0) is 19.1. The number of esters is 1. The summed E-state index contributed by atoms with van der Waals surface area (Å²) < 4.78 is 19.8. The van der Waals surface area contributed by atoms with E-state index in [-0.39, 0.29) is 11.8 Å². The zero-order valence-corrected chi connectivity index (χ0v) is 16.7. The van der Waals surface area contributed by atoms with Crippen molar-refractivity contribution < 1.29 is 13.9 Å². The second kappa shape index (κ2) is 7.30. The van der Waals surface area contributed by atoms with Crippen LogP contribution in [0.25, 0.3) is 0 Å². The predicted octanol–water partition coefficient (Wildman–Crippen LogP) is 4.86. The molecule has 144 valence electrons. The van der Waals surface area contributed by atoms with Gasteiger partial charge in [-0.2, -0.15) is 0 Å². The number of rotatable bonds is 4. The van der Waals surface area contributed by atoms with Gasteiger partial charge in [-0.05, 0) is 95.5 Å². The summed E-state index contributed by atoms with van der Waals surface area (Å²) in [5, 5.41) is 0. The molecule has 4 atom stereocenters. The minimum atomic E-state index is -0.607. The Bertz CT molecular complexity index is 665. The van der Waals surface area contributed by atoms with Gasteiger partial charge in [0.1, 0.15) is 11.6 Å². The van der Waals surface area contributed by atoms with Gasteiger partial charge in [0.2, 0.25) is 0 Å². The number of nitrogens with zero attached hydrogens (tertiary/aromatic N) is 1.